The zero-order chi connectivity index (χ0) is 19.6. The number of carbonyl (C=O) groups is 1. The summed E-state index contributed by atoms with van der Waals surface area (Å²) in [5.41, 5.74) is 6.00. The molecule has 3 aromatic rings. The van der Waals surface area contributed by atoms with Crippen molar-refractivity contribution in [2.24, 2.45) is 0 Å². The largest absolute Gasteiger partial charge is 0.448 e. The van der Waals surface area contributed by atoms with Crippen LogP contribution in [0.1, 0.15) is 28.7 Å². The molecule has 2 aliphatic rings. The molecule has 5 rings (SSSR count). The number of nitrogens with one attached hydrogen (secondary N) is 1. The summed E-state index contributed by atoms with van der Waals surface area (Å²) in [4.78, 5) is 18.9. The third kappa shape index (κ3) is 4.40. The van der Waals surface area contributed by atoms with Crippen LogP contribution in [0.2, 0.25) is 0 Å². The van der Waals surface area contributed by atoms with Gasteiger partial charge in [-0.3, -0.25) is 9.88 Å². The molecule has 1 fully saturated rings. The Bertz CT molecular complexity index is 987. The van der Waals surface area contributed by atoms with E-state index in [4.69, 9.17) is 4.74 Å². The highest BCUT2D eigenvalue weighted by Gasteiger charge is 2.32. The fourth-order valence-corrected chi connectivity index (χ4v) is 4.48. The van der Waals surface area contributed by atoms with Gasteiger partial charge < -0.3 is 10.1 Å². The normalized spacial score (nSPS) is 17.0. The van der Waals surface area contributed by atoms with Crippen molar-refractivity contribution in [2.45, 2.75) is 12.0 Å². The second kappa shape index (κ2) is 10.1. The van der Waals surface area contributed by atoms with Gasteiger partial charge in [0.05, 0.1) is 6.04 Å². The van der Waals surface area contributed by atoms with Crippen LogP contribution in [0.3, 0.4) is 0 Å². The van der Waals surface area contributed by atoms with E-state index < -0.39 is 0 Å². The van der Waals surface area contributed by atoms with E-state index in [2.05, 4.69) is 58.8 Å². The molecule has 1 aliphatic carbocycles. The van der Waals surface area contributed by atoms with Crippen molar-refractivity contribution >= 4 is 30.9 Å². The monoisotopic (exact) mass is 457 g/mol. The van der Waals surface area contributed by atoms with Gasteiger partial charge in [0.1, 0.15) is 6.61 Å². The Morgan fingerprint density at radius 3 is 2.23 bits per heavy atom. The van der Waals surface area contributed by atoms with E-state index in [1.54, 1.807) is 12.4 Å². The molecule has 7 heteroatoms. The molecule has 1 amide bonds. The van der Waals surface area contributed by atoms with Crippen molar-refractivity contribution in [3.05, 3.63) is 89.7 Å². The van der Waals surface area contributed by atoms with Crippen LogP contribution in [0.4, 0.5) is 4.79 Å². The number of fused-ring (bicyclic) bond motifs is 3. The maximum absolute atomic E-state index is 13.0. The van der Waals surface area contributed by atoms with Crippen LogP contribution in [-0.4, -0.2) is 42.2 Å². The van der Waals surface area contributed by atoms with Crippen molar-refractivity contribution in [1.82, 2.24) is 15.2 Å². The molecule has 1 saturated heterocycles. The van der Waals surface area contributed by atoms with E-state index in [0.29, 0.717) is 19.7 Å². The third-order valence-corrected chi connectivity index (χ3v) is 5.90. The summed E-state index contributed by atoms with van der Waals surface area (Å²) in [6.45, 7) is 2.46. The summed E-state index contributed by atoms with van der Waals surface area (Å²) in [6, 6.07) is 20.7. The molecule has 162 valence electrons. The Kier molecular flexibility index (Phi) is 7.55. The molecule has 1 aliphatic heterocycles. The molecule has 0 spiro atoms. The maximum atomic E-state index is 13.0. The zero-order valence-electron chi connectivity index (χ0n) is 16.9. The highest BCUT2D eigenvalue weighted by atomic mass is 35.5. The fourth-order valence-electron chi connectivity index (χ4n) is 4.48. The number of rotatable bonds is 3. The molecular formula is C24H25Cl2N3O2. The molecule has 2 aromatic carbocycles. The first-order valence-electron chi connectivity index (χ1n) is 10.0. The van der Waals surface area contributed by atoms with Gasteiger partial charge in [0, 0.05) is 37.9 Å². The van der Waals surface area contributed by atoms with Crippen LogP contribution in [0.25, 0.3) is 11.1 Å². The lowest BCUT2D eigenvalue weighted by Gasteiger charge is -2.35. The number of aromatic nitrogens is 1. The van der Waals surface area contributed by atoms with E-state index in [9.17, 15) is 4.79 Å². The lowest BCUT2D eigenvalue weighted by atomic mass is 9.98. The summed E-state index contributed by atoms with van der Waals surface area (Å²) in [5, 5.41) is 3.37. The summed E-state index contributed by atoms with van der Waals surface area (Å²) in [7, 11) is 0. The van der Waals surface area contributed by atoms with Gasteiger partial charge in [-0.2, -0.15) is 0 Å². The first-order valence-corrected chi connectivity index (χ1v) is 10.0. The minimum absolute atomic E-state index is 0. The molecule has 5 nitrogen and oxygen atoms in total. The van der Waals surface area contributed by atoms with Crippen LogP contribution < -0.4 is 5.32 Å². The topological polar surface area (TPSA) is 54.5 Å². The Labute approximate surface area is 194 Å². The van der Waals surface area contributed by atoms with Gasteiger partial charge in [-0.25, -0.2) is 4.79 Å². The Balaban J connectivity index is 0.00000136. The van der Waals surface area contributed by atoms with E-state index in [1.807, 2.05) is 17.0 Å². The van der Waals surface area contributed by atoms with Gasteiger partial charge in [0.15, 0.2) is 0 Å². The van der Waals surface area contributed by atoms with Crippen molar-refractivity contribution in [3.8, 4) is 11.1 Å². The van der Waals surface area contributed by atoms with Gasteiger partial charge in [0.2, 0.25) is 0 Å². The predicted molar refractivity (Wildman–Crippen MR) is 126 cm³/mol. The van der Waals surface area contributed by atoms with E-state index in [0.717, 1.165) is 12.1 Å². The fraction of sp³-hybridized carbons (Fsp3) is 0.250. The molecule has 1 aromatic heterocycles. The zero-order valence-corrected chi connectivity index (χ0v) is 18.6. The van der Waals surface area contributed by atoms with Crippen molar-refractivity contribution in [3.63, 3.8) is 0 Å². The van der Waals surface area contributed by atoms with Gasteiger partial charge in [0.25, 0.3) is 0 Å². The molecule has 1 atom stereocenters. The molecule has 0 saturated carbocycles. The average Bonchev–Trinajstić information content (AvgIpc) is 3.12. The number of nitrogens with zero attached hydrogens (tertiary/aromatic N) is 2. The number of halogens is 2. The molecule has 0 bridgehead atoms. The minimum Gasteiger partial charge on any atom is -0.448 e. The molecule has 1 N–H and O–H groups in total. The predicted octanol–water partition coefficient (Wildman–Crippen LogP) is 4.82. The SMILES string of the molecule is Cl.Cl.O=C(OCC1c2ccccc2-c2ccccc21)N1CCNCC1c1ccncc1. The quantitative estimate of drug-likeness (QED) is 0.612. The van der Waals surface area contributed by atoms with Gasteiger partial charge >= 0.3 is 6.09 Å². The number of hydrogen-bond acceptors (Lipinski definition) is 4. The number of pyridine rings is 1. The molecule has 2 heterocycles. The van der Waals surface area contributed by atoms with Gasteiger partial charge in [-0.05, 0) is 39.9 Å². The van der Waals surface area contributed by atoms with Crippen LogP contribution in [-0.2, 0) is 4.74 Å². The summed E-state index contributed by atoms with van der Waals surface area (Å²) < 4.78 is 5.87. The Morgan fingerprint density at radius 1 is 0.968 bits per heavy atom. The van der Waals surface area contributed by atoms with E-state index >= 15 is 0 Å². The maximum Gasteiger partial charge on any atom is 0.410 e. The summed E-state index contributed by atoms with van der Waals surface area (Å²) in [5.74, 6) is 0.0774. The number of ether oxygens (including phenoxy) is 1. The summed E-state index contributed by atoms with van der Waals surface area (Å²) >= 11 is 0. The number of piperazine rings is 1. The van der Waals surface area contributed by atoms with E-state index in [1.165, 1.54) is 22.3 Å². The molecule has 1 unspecified atom stereocenters. The molecule has 0 radical (unpaired) electrons. The first kappa shape index (κ1) is 23.1. The van der Waals surface area contributed by atoms with Crippen LogP contribution >= 0.6 is 24.8 Å². The lowest BCUT2D eigenvalue weighted by Crippen LogP contribution is -2.49. The lowest BCUT2D eigenvalue weighted by molar-refractivity contribution is 0.0752. The Hall–Kier alpha value is -2.60. The highest BCUT2D eigenvalue weighted by molar-refractivity contribution is 5.85. The van der Waals surface area contributed by atoms with Crippen molar-refractivity contribution in [1.29, 1.82) is 0 Å². The number of amides is 1. The number of benzene rings is 2. The number of hydrogen-bond donors (Lipinski definition) is 1. The van der Waals surface area contributed by atoms with Gasteiger partial charge in [-0.15, -0.1) is 24.8 Å². The van der Waals surface area contributed by atoms with Crippen molar-refractivity contribution < 1.29 is 9.53 Å². The third-order valence-electron chi connectivity index (χ3n) is 5.90. The first-order chi connectivity index (χ1) is 14.3. The molecule has 31 heavy (non-hydrogen) atoms. The minimum atomic E-state index is -0.254. The Morgan fingerprint density at radius 2 is 1.58 bits per heavy atom. The second-order valence-electron chi connectivity index (χ2n) is 7.50. The van der Waals surface area contributed by atoms with Crippen LogP contribution in [0.5, 0.6) is 0 Å². The van der Waals surface area contributed by atoms with Crippen LogP contribution in [0.15, 0.2) is 73.1 Å². The number of carbonyl (C=O) groups excluding carboxylic acids is 1. The van der Waals surface area contributed by atoms with Crippen molar-refractivity contribution in [2.75, 3.05) is 26.2 Å². The summed E-state index contributed by atoms with van der Waals surface area (Å²) in [6.07, 6.45) is 3.27. The van der Waals surface area contributed by atoms with E-state index in [-0.39, 0.29) is 42.9 Å². The van der Waals surface area contributed by atoms with Gasteiger partial charge in [-0.1, -0.05) is 48.5 Å². The smallest absolute Gasteiger partial charge is 0.410 e. The highest BCUT2D eigenvalue weighted by Crippen LogP contribution is 2.44. The molecular weight excluding hydrogens is 433 g/mol. The van der Waals surface area contributed by atoms with Crippen LogP contribution in [0, 0.1) is 0 Å². The standard InChI is InChI=1S/C24H23N3O2.2ClH/c28-24(27-14-13-26-15-23(27)17-9-11-25-12-10-17)29-16-22-20-7-3-1-5-18(20)19-6-2-4-8-21(19)22;;/h1-12,22-23,26H,13-16H2;2*1H. The average molecular weight is 458 g/mol. The second-order valence-corrected chi connectivity index (χ2v) is 7.50.